The molecule has 2 aliphatic rings. The molecule has 0 N–H and O–H groups in total. The van der Waals surface area contributed by atoms with E-state index in [9.17, 15) is 9.59 Å². The largest absolute Gasteiger partial charge is 0.493 e. The topological polar surface area (TPSA) is 59.1 Å². The smallest absolute Gasteiger partial charge is 0.251 e. The van der Waals surface area contributed by atoms with Gasteiger partial charge in [-0.2, -0.15) is 0 Å². The lowest BCUT2D eigenvalue weighted by Gasteiger charge is -2.32. The minimum atomic E-state index is -0.518. The number of hydrogen-bond acceptors (Lipinski definition) is 5. The van der Waals surface area contributed by atoms with Gasteiger partial charge in [0.05, 0.1) is 37.4 Å². The molecule has 0 unspecified atom stereocenters. The maximum Gasteiger partial charge on any atom is 0.251 e. The Labute approximate surface area is 178 Å². The van der Waals surface area contributed by atoms with Crippen molar-refractivity contribution >= 4 is 40.7 Å². The normalized spacial score (nSPS) is 19.4. The summed E-state index contributed by atoms with van der Waals surface area (Å²) in [6.45, 7) is 1.23. The Morgan fingerprint density at radius 3 is 2.34 bits per heavy atom. The van der Waals surface area contributed by atoms with E-state index in [1.807, 2.05) is 17.0 Å². The van der Waals surface area contributed by atoms with Crippen molar-refractivity contribution in [2.75, 3.05) is 25.7 Å². The van der Waals surface area contributed by atoms with Gasteiger partial charge < -0.3 is 9.47 Å². The summed E-state index contributed by atoms with van der Waals surface area (Å²) in [7, 11) is 3.20. The van der Waals surface area contributed by atoms with Crippen LogP contribution in [-0.4, -0.2) is 43.5 Å². The Morgan fingerprint density at radius 1 is 1.00 bits per heavy atom. The summed E-state index contributed by atoms with van der Waals surface area (Å²) in [6.07, 6.45) is 0.885. The van der Waals surface area contributed by atoms with Crippen LogP contribution in [0.1, 0.15) is 17.5 Å². The SMILES string of the molecule is COc1cc2c(cc1OC)CN([C@H]1CC(=O)N(c3ccc(Cl)cc3Cl)C1=O)CC2. The fraction of sp³-hybridized carbons (Fsp3) is 0.333. The fourth-order valence-electron chi connectivity index (χ4n) is 3.99. The number of nitrogens with zero attached hydrogens (tertiary/aromatic N) is 2. The number of carbonyl (C=O) groups is 2. The maximum absolute atomic E-state index is 13.1. The number of imide groups is 1. The first-order valence-electron chi connectivity index (χ1n) is 9.22. The first-order valence-corrected chi connectivity index (χ1v) is 9.98. The van der Waals surface area contributed by atoms with Crippen LogP contribution in [0.5, 0.6) is 11.5 Å². The van der Waals surface area contributed by atoms with Gasteiger partial charge in [0.25, 0.3) is 5.91 Å². The molecule has 0 saturated carbocycles. The van der Waals surface area contributed by atoms with E-state index in [-0.39, 0.29) is 23.3 Å². The van der Waals surface area contributed by atoms with E-state index in [1.165, 1.54) is 11.0 Å². The van der Waals surface area contributed by atoms with Crippen LogP contribution in [0.2, 0.25) is 10.0 Å². The number of amides is 2. The van der Waals surface area contributed by atoms with Crippen molar-refractivity contribution in [1.29, 1.82) is 0 Å². The third-order valence-corrected chi connectivity index (χ3v) is 6.00. The van der Waals surface area contributed by atoms with Crippen LogP contribution in [0.15, 0.2) is 30.3 Å². The molecule has 152 valence electrons. The second-order valence-electron chi connectivity index (χ2n) is 7.08. The molecule has 0 bridgehead atoms. The zero-order valence-electron chi connectivity index (χ0n) is 16.1. The summed E-state index contributed by atoms with van der Waals surface area (Å²) in [6, 6.07) is 8.15. The second-order valence-corrected chi connectivity index (χ2v) is 7.92. The van der Waals surface area contributed by atoms with E-state index < -0.39 is 6.04 Å². The van der Waals surface area contributed by atoms with Gasteiger partial charge in [0.15, 0.2) is 11.5 Å². The Hall–Kier alpha value is -2.28. The lowest BCUT2D eigenvalue weighted by atomic mass is 9.97. The first kappa shape index (κ1) is 20.0. The highest BCUT2D eigenvalue weighted by Gasteiger charge is 2.44. The summed E-state index contributed by atoms with van der Waals surface area (Å²) in [5.41, 5.74) is 2.60. The van der Waals surface area contributed by atoms with Crippen molar-refractivity contribution in [3.05, 3.63) is 51.5 Å². The Kier molecular flexibility index (Phi) is 5.42. The predicted molar refractivity (Wildman–Crippen MR) is 111 cm³/mol. The fourth-order valence-corrected chi connectivity index (χ4v) is 4.48. The summed E-state index contributed by atoms with van der Waals surface area (Å²) >= 11 is 12.2. The molecule has 1 fully saturated rings. The van der Waals surface area contributed by atoms with Crippen LogP contribution in [0, 0.1) is 0 Å². The van der Waals surface area contributed by atoms with Gasteiger partial charge in [0.1, 0.15) is 0 Å². The Bertz CT molecular complexity index is 995. The molecular weight excluding hydrogens is 415 g/mol. The van der Waals surface area contributed by atoms with Crippen molar-refractivity contribution in [3.8, 4) is 11.5 Å². The van der Waals surface area contributed by atoms with Gasteiger partial charge in [0.2, 0.25) is 5.91 Å². The quantitative estimate of drug-likeness (QED) is 0.686. The number of rotatable bonds is 4. The van der Waals surface area contributed by atoms with E-state index in [1.54, 1.807) is 26.4 Å². The lowest BCUT2D eigenvalue weighted by Crippen LogP contribution is -2.44. The summed E-state index contributed by atoms with van der Waals surface area (Å²) in [5, 5.41) is 0.729. The molecule has 0 aromatic heterocycles. The predicted octanol–water partition coefficient (Wildman–Crippen LogP) is 3.70. The monoisotopic (exact) mass is 434 g/mol. The molecule has 2 aromatic carbocycles. The van der Waals surface area contributed by atoms with E-state index >= 15 is 0 Å². The standard InChI is InChI=1S/C21H20Cl2N2O4/c1-28-18-7-12-5-6-24(11-13(12)8-19(18)29-2)17-10-20(26)25(21(17)27)16-4-3-14(22)9-15(16)23/h3-4,7-9,17H,5-6,10-11H2,1-2H3/t17-/m0/s1. The molecule has 1 atom stereocenters. The van der Waals surface area contributed by atoms with Crippen molar-refractivity contribution in [2.24, 2.45) is 0 Å². The van der Waals surface area contributed by atoms with Gasteiger partial charge in [-0.05, 0) is 47.9 Å². The number of carbonyl (C=O) groups excluding carboxylic acids is 2. The minimum Gasteiger partial charge on any atom is -0.493 e. The van der Waals surface area contributed by atoms with Crippen LogP contribution in [0.4, 0.5) is 5.69 Å². The molecule has 2 heterocycles. The van der Waals surface area contributed by atoms with Crippen molar-refractivity contribution in [2.45, 2.75) is 25.4 Å². The number of hydrogen-bond donors (Lipinski definition) is 0. The highest BCUT2D eigenvalue weighted by molar-refractivity contribution is 6.38. The number of methoxy groups -OCH3 is 2. The van der Waals surface area contributed by atoms with Gasteiger partial charge in [-0.25, -0.2) is 4.90 Å². The number of halogens is 2. The zero-order valence-corrected chi connectivity index (χ0v) is 17.6. The Balaban J connectivity index is 1.59. The van der Waals surface area contributed by atoms with E-state index in [4.69, 9.17) is 32.7 Å². The number of anilines is 1. The van der Waals surface area contributed by atoms with Crippen molar-refractivity contribution < 1.29 is 19.1 Å². The highest BCUT2D eigenvalue weighted by atomic mass is 35.5. The third kappa shape index (κ3) is 3.56. The molecule has 0 aliphatic carbocycles. The molecule has 29 heavy (non-hydrogen) atoms. The Morgan fingerprint density at radius 2 is 1.69 bits per heavy atom. The molecular formula is C21H20Cl2N2O4. The maximum atomic E-state index is 13.1. The molecule has 8 heteroatoms. The van der Waals surface area contributed by atoms with Crippen LogP contribution < -0.4 is 14.4 Å². The van der Waals surface area contributed by atoms with Gasteiger partial charge >= 0.3 is 0 Å². The van der Waals surface area contributed by atoms with Gasteiger partial charge in [-0.15, -0.1) is 0 Å². The summed E-state index contributed by atoms with van der Waals surface area (Å²) in [4.78, 5) is 29.0. The lowest BCUT2D eigenvalue weighted by molar-refractivity contribution is -0.123. The average Bonchev–Trinajstić information content (AvgIpc) is 3.00. The molecule has 4 rings (SSSR count). The molecule has 1 saturated heterocycles. The highest BCUT2D eigenvalue weighted by Crippen LogP contribution is 2.37. The first-order chi connectivity index (χ1) is 13.9. The van der Waals surface area contributed by atoms with E-state index in [0.29, 0.717) is 35.3 Å². The van der Waals surface area contributed by atoms with Gasteiger partial charge in [0, 0.05) is 18.1 Å². The van der Waals surface area contributed by atoms with Gasteiger partial charge in [-0.1, -0.05) is 23.2 Å². The molecule has 2 aliphatic heterocycles. The van der Waals surface area contributed by atoms with Crippen LogP contribution in [0.25, 0.3) is 0 Å². The molecule has 0 radical (unpaired) electrons. The summed E-state index contributed by atoms with van der Waals surface area (Å²) in [5.74, 6) is 0.817. The third-order valence-electron chi connectivity index (χ3n) is 5.46. The summed E-state index contributed by atoms with van der Waals surface area (Å²) < 4.78 is 10.8. The van der Waals surface area contributed by atoms with E-state index in [0.717, 1.165) is 17.5 Å². The molecule has 2 aromatic rings. The zero-order chi connectivity index (χ0) is 20.7. The van der Waals surface area contributed by atoms with Crippen LogP contribution in [-0.2, 0) is 22.6 Å². The minimum absolute atomic E-state index is 0.125. The van der Waals surface area contributed by atoms with Crippen molar-refractivity contribution in [3.63, 3.8) is 0 Å². The molecule has 6 nitrogen and oxygen atoms in total. The number of benzene rings is 2. The van der Waals surface area contributed by atoms with E-state index in [2.05, 4.69) is 0 Å². The van der Waals surface area contributed by atoms with Crippen LogP contribution >= 0.6 is 23.2 Å². The molecule has 2 amide bonds. The van der Waals surface area contributed by atoms with Crippen molar-refractivity contribution in [1.82, 2.24) is 4.90 Å². The molecule has 0 spiro atoms. The number of fused-ring (bicyclic) bond motifs is 1. The number of ether oxygens (including phenoxy) is 2. The average molecular weight is 435 g/mol. The van der Waals surface area contributed by atoms with Crippen LogP contribution in [0.3, 0.4) is 0 Å². The van der Waals surface area contributed by atoms with Gasteiger partial charge in [-0.3, -0.25) is 14.5 Å². The second kappa shape index (κ2) is 7.86.